The molecule has 1 unspecified atom stereocenters. The van der Waals surface area contributed by atoms with Gasteiger partial charge < -0.3 is 4.74 Å². The highest BCUT2D eigenvalue weighted by molar-refractivity contribution is 4.92. The summed E-state index contributed by atoms with van der Waals surface area (Å²) in [7, 11) is 1.83. The third-order valence-corrected chi connectivity index (χ3v) is 3.71. The van der Waals surface area contributed by atoms with Gasteiger partial charge in [0.2, 0.25) is 0 Å². The number of unbranched alkanes of at least 4 members (excludes halogenated alkanes) is 2. The third-order valence-electron chi connectivity index (χ3n) is 3.71. The molecule has 15 heavy (non-hydrogen) atoms. The molecule has 0 aliphatic heterocycles. The molecule has 1 rings (SSSR count). The molecular weight excluding hydrogens is 188 g/mol. The first-order chi connectivity index (χ1) is 7.26. The Kier molecular flexibility index (Phi) is 5.58. The Bertz CT molecular complexity index is 163. The number of hydrogen-bond donors (Lipinski definition) is 2. The van der Waals surface area contributed by atoms with Crippen molar-refractivity contribution in [2.24, 2.45) is 5.84 Å². The second kappa shape index (κ2) is 6.46. The van der Waals surface area contributed by atoms with Crippen molar-refractivity contribution in [2.75, 3.05) is 7.11 Å². The summed E-state index contributed by atoms with van der Waals surface area (Å²) in [6, 6.07) is 0.428. The lowest BCUT2D eigenvalue weighted by Crippen LogP contribution is -2.47. The fraction of sp³-hybridized carbons (Fsp3) is 1.00. The van der Waals surface area contributed by atoms with Crippen LogP contribution >= 0.6 is 0 Å². The molecule has 0 radical (unpaired) electrons. The van der Waals surface area contributed by atoms with Crippen LogP contribution in [0.15, 0.2) is 0 Å². The minimum absolute atomic E-state index is 0.142. The standard InChI is InChI=1S/C12H26N2O/c1-3-4-5-7-11(14-13)10-12(15-2)8-6-9-12/h11,14H,3-10,13H2,1-2H3. The van der Waals surface area contributed by atoms with Crippen LogP contribution in [0.5, 0.6) is 0 Å². The van der Waals surface area contributed by atoms with E-state index >= 15 is 0 Å². The van der Waals surface area contributed by atoms with E-state index in [9.17, 15) is 0 Å². The average molecular weight is 214 g/mol. The molecule has 0 amide bonds. The average Bonchev–Trinajstić information content (AvgIpc) is 2.21. The van der Waals surface area contributed by atoms with Crippen LogP contribution in [0.3, 0.4) is 0 Å². The van der Waals surface area contributed by atoms with Crippen LogP contribution in [0.2, 0.25) is 0 Å². The predicted molar refractivity (Wildman–Crippen MR) is 63.5 cm³/mol. The molecule has 0 bridgehead atoms. The maximum atomic E-state index is 5.62. The van der Waals surface area contributed by atoms with E-state index in [1.165, 1.54) is 44.9 Å². The molecule has 1 saturated carbocycles. The number of nitrogens with two attached hydrogens (primary N) is 1. The molecule has 0 spiro atoms. The molecule has 1 atom stereocenters. The first kappa shape index (κ1) is 12.9. The molecule has 0 heterocycles. The van der Waals surface area contributed by atoms with Gasteiger partial charge in [-0.3, -0.25) is 11.3 Å². The Morgan fingerprint density at radius 2 is 2.13 bits per heavy atom. The monoisotopic (exact) mass is 214 g/mol. The van der Waals surface area contributed by atoms with Gasteiger partial charge in [-0.05, 0) is 32.1 Å². The lowest BCUT2D eigenvalue weighted by molar-refractivity contribution is -0.0840. The maximum Gasteiger partial charge on any atom is 0.0694 e. The van der Waals surface area contributed by atoms with Gasteiger partial charge in [-0.1, -0.05) is 26.2 Å². The van der Waals surface area contributed by atoms with Crippen molar-refractivity contribution in [3.05, 3.63) is 0 Å². The minimum Gasteiger partial charge on any atom is -0.378 e. The van der Waals surface area contributed by atoms with Gasteiger partial charge in [-0.2, -0.15) is 0 Å². The van der Waals surface area contributed by atoms with Crippen molar-refractivity contribution in [1.82, 2.24) is 5.43 Å². The van der Waals surface area contributed by atoms with Crippen LogP contribution in [0.25, 0.3) is 0 Å². The van der Waals surface area contributed by atoms with Gasteiger partial charge in [0.1, 0.15) is 0 Å². The second-order valence-electron chi connectivity index (χ2n) is 4.80. The van der Waals surface area contributed by atoms with Crippen LogP contribution in [0.1, 0.15) is 58.3 Å². The molecule has 1 aliphatic carbocycles. The lowest BCUT2D eigenvalue weighted by atomic mass is 9.75. The zero-order valence-electron chi connectivity index (χ0n) is 10.2. The summed E-state index contributed by atoms with van der Waals surface area (Å²) in [5.41, 5.74) is 3.08. The number of ether oxygens (including phenoxy) is 1. The molecular formula is C12H26N2O. The van der Waals surface area contributed by atoms with Gasteiger partial charge >= 0.3 is 0 Å². The smallest absolute Gasteiger partial charge is 0.0694 e. The predicted octanol–water partition coefficient (Wildman–Crippen LogP) is 2.36. The van der Waals surface area contributed by atoms with E-state index in [1.807, 2.05) is 7.11 Å². The summed E-state index contributed by atoms with van der Waals surface area (Å²) in [4.78, 5) is 0. The molecule has 3 nitrogen and oxygen atoms in total. The van der Waals surface area contributed by atoms with Crippen LogP contribution < -0.4 is 11.3 Å². The van der Waals surface area contributed by atoms with E-state index in [-0.39, 0.29) is 5.60 Å². The molecule has 0 saturated heterocycles. The zero-order valence-corrected chi connectivity index (χ0v) is 10.2. The van der Waals surface area contributed by atoms with Gasteiger partial charge in [-0.15, -0.1) is 0 Å². The van der Waals surface area contributed by atoms with Crippen molar-refractivity contribution < 1.29 is 4.74 Å². The largest absolute Gasteiger partial charge is 0.378 e. The second-order valence-corrected chi connectivity index (χ2v) is 4.80. The van der Waals surface area contributed by atoms with Crippen molar-refractivity contribution >= 4 is 0 Å². The number of methoxy groups -OCH3 is 1. The van der Waals surface area contributed by atoms with Crippen molar-refractivity contribution in [3.63, 3.8) is 0 Å². The van der Waals surface area contributed by atoms with Gasteiger partial charge in [0, 0.05) is 13.2 Å². The molecule has 3 N–H and O–H groups in total. The molecule has 1 aliphatic rings. The topological polar surface area (TPSA) is 47.3 Å². The van der Waals surface area contributed by atoms with E-state index < -0.39 is 0 Å². The Labute approximate surface area is 93.7 Å². The summed E-state index contributed by atoms with van der Waals surface area (Å²) in [6.45, 7) is 2.23. The van der Waals surface area contributed by atoms with E-state index in [2.05, 4.69) is 12.3 Å². The van der Waals surface area contributed by atoms with Gasteiger partial charge in [0.05, 0.1) is 5.60 Å². The first-order valence-corrected chi connectivity index (χ1v) is 6.27. The van der Waals surface area contributed by atoms with Gasteiger partial charge in [0.15, 0.2) is 0 Å². The summed E-state index contributed by atoms with van der Waals surface area (Å²) < 4.78 is 5.62. The number of rotatable bonds is 8. The molecule has 90 valence electrons. The fourth-order valence-electron chi connectivity index (χ4n) is 2.40. The highest BCUT2D eigenvalue weighted by Crippen LogP contribution is 2.39. The van der Waals surface area contributed by atoms with Crippen molar-refractivity contribution in [2.45, 2.75) is 69.9 Å². The van der Waals surface area contributed by atoms with E-state index in [1.54, 1.807) is 0 Å². The van der Waals surface area contributed by atoms with E-state index in [4.69, 9.17) is 10.6 Å². The molecule has 3 heteroatoms. The summed E-state index contributed by atoms with van der Waals surface area (Å²) in [5.74, 6) is 5.59. The van der Waals surface area contributed by atoms with Crippen LogP contribution in [0, 0.1) is 0 Å². The first-order valence-electron chi connectivity index (χ1n) is 6.27. The number of hydrogen-bond acceptors (Lipinski definition) is 3. The Balaban J connectivity index is 2.25. The summed E-state index contributed by atoms with van der Waals surface area (Å²) >= 11 is 0. The van der Waals surface area contributed by atoms with E-state index in [0.717, 1.165) is 6.42 Å². The van der Waals surface area contributed by atoms with Crippen molar-refractivity contribution in [3.8, 4) is 0 Å². The molecule has 1 fully saturated rings. The van der Waals surface area contributed by atoms with Gasteiger partial charge in [-0.25, -0.2) is 0 Å². The highest BCUT2D eigenvalue weighted by Gasteiger charge is 2.38. The maximum absolute atomic E-state index is 5.62. The summed E-state index contributed by atoms with van der Waals surface area (Å²) in [6.07, 6.45) is 9.81. The van der Waals surface area contributed by atoms with E-state index in [0.29, 0.717) is 6.04 Å². The third kappa shape index (κ3) is 3.74. The normalized spacial score (nSPS) is 21.0. The molecule has 0 aromatic carbocycles. The fourth-order valence-corrected chi connectivity index (χ4v) is 2.40. The van der Waals surface area contributed by atoms with Gasteiger partial charge in [0.25, 0.3) is 0 Å². The minimum atomic E-state index is 0.142. The quantitative estimate of drug-likeness (QED) is 0.370. The Morgan fingerprint density at radius 3 is 2.53 bits per heavy atom. The lowest BCUT2D eigenvalue weighted by Gasteiger charge is -2.42. The summed E-state index contributed by atoms with van der Waals surface area (Å²) in [5, 5.41) is 0. The van der Waals surface area contributed by atoms with Crippen molar-refractivity contribution in [1.29, 1.82) is 0 Å². The van der Waals surface area contributed by atoms with Crippen LogP contribution in [-0.2, 0) is 4.74 Å². The Morgan fingerprint density at radius 1 is 1.40 bits per heavy atom. The van der Waals surface area contributed by atoms with Crippen LogP contribution in [0.4, 0.5) is 0 Å². The number of nitrogens with one attached hydrogen (secondary N) is 1. The molecule has 0 aromatic rings. The zero-order chi connectivity index (χ0) is 11.1. The molecule has 0 aromatic heterocycles. The Hall–Kier alpha value is -0.120. The highest BCUT2D eigenvalue weighted by atomic mass is 16.5. The number of hydrazine groups is 1. The van der Waals surface area contributed by atoms with Crippen LogP contribution in [-0.4, -0.2) is 18.8 Å². The SMILES string of the molecule is CCCCCC(CC1(OC)CCC1)NN.